The third kappa shape index (κ3) is 1.16. The molecule has 10 heavy (non-hydrogen) atoms. The molecule has 3 nitrogen and oxygen atoms in total. The van der Waals surface area contributed by atoms with Gasteiger partial charge in [-0.2, -0.15) is 0 Å². The maximum Gasteiger partial charge on any atom is 0.235 e. The molecule has 0 aliphatic rings. The summed E-state index contributed by atoms with van der Waals surface area (Å²) < 4.78 is 4.83. The molecule has 1 aromatic heterocycles. The molecule has 0 bridgehead atoms. The first-order valence-corrected chi connectivity index (χ1v) is 3.56. The fraction of sp³-hybridized carbons (Fsp3) is 0.333. The standard InChI is InChI=1S/C6H7NO2S/c1-4-7-6(9-2)5(3-8)10-4/h3H,1-2H3. The molecule has 0 aliphatic heterocycles. The second-order valence-electron chi connectivity index (χ2n) is 1.72. The van der Waals surface area contributed by atoms with Gasteiger partial charge in [0.15, 0.2) is 6.29 Å². The second-order valence-corrected chi connectivity index (χ2v) is 2.96. The van der Waals surface area contributed by atoms with Gasteiger partial charge in [-0.3, -0.25) is 4.79 Å². The number of carbonyl (C=O) groups excluding carboxylic acids is 1. The summed E-state index contributed by atoms with van der Waals surface area (Å²) in [6.45, 7) is 1.83. The number of thiazole rings is 1. The van der Waals surface area contributed by atoms with Crippen LogP contribution >= 0.6 is 11.3 Å². The highest BCUT2D eigenvalue weighted by Crippen LogP contribution is 2.21. The molecule has 0 saturated heterocycles. The lowest BCUT2D eigenvalue weighted by molar-refractivity contribution is 0.112. The molecule has 0 unspecified atom stereocenters. The van der Waals surface area contributed by atoms with Crippen molar-refractivity contribution in [1.82, 2.24) is 4.98 Å². The van der Waals surface area contributed by atoms with Gasteiger partial charge in [-0.15, -0.1) is 11.3 Å². The third-order valence-corrected chi connectivity index (χ3v) is 1.91. The van der Waals surface area contributed by atoms with E-state index in [2.05, 4.69) is 4.98 Å². The number of carbonyl (C=O) groups is 1. The first-order chi connectivity index (χ1) is 4.77. The number of methoxy groups -OCH3 is 1. The van der Waals surface area contributed by atoms with E-state index in [0.29, 0.717) is 10.8 Å². The van der Waals surface area contributed by atoms with Crippen LogP contribution in [0.4, 0.5) is 0 Å². The van der Waals surface area contributed by atoms with E-state index in [0.717, 1.165) is 11.3 Å². The van der Waals surface area contributed by atoms with E-state index < -0.39 is 0 Å². The van der Waals surface area contributed by atoms with E-state index in [4.69, 9.17) is 4.74 Å². The minimum atomic E-state index is 0.428. The lowest BCUT2D eigenvalue weighted by Crippen LogP contribution is -1.85. The minimum absolute atomic E-state index is 0.428. The molecule has 54 valence electrons. The van der Waals surface area contributed by atoms with Gasteiger partial charge < -0.3 is 4.74 Å². The fourth-order valence-electron chi connectivity index (χ4n) is 0.644. The van der Waals surface area contributed by atoms with Gasteiger partial charge in [-0.25, -0.2) is 4.98 Å². The maximum atomic E-state index is 10.3. The molecule has 1 rings (SSSR count). The van der Waals surface area contributed by atoms with E-state index in [1.54, 1.807) is 0 Å². The zero-order valence-electron chi connectivity index (χ0n) is 5.75. The molecule has 0 saturated carbocycles. The predicted molar refractivity (Wildman–Crippen MR) is 38.8 cm³/mol. The van der Waals surface area contributed by atoms with Crippen LogP contribution in [0.3, 0.4) is 0 Å². The smallest absolute Gasteiger partial charge is 0.235 e. The molecule has 1 heterocycles. The molecule has 0 atom stereocenters. The van der Waals surface area contributed by atoms with Gasteiger partial charge in [0, 0.05) is 0 Å². The Bertz CT molecular complexity index is 244. The lowest BCUT2D eigenvalue weighted by atomic mass is 10.6. The van der Waals surface area contributed by atoms with E-state index >= 15 is 0 Å². The Balaban J connectivity index is 3.08. The third-order valence-electron chi connectivity index (χ3n) is 1.03. The highest BCUT2D eigenvalue weighted by molar-refractivity contribution is 7.13. The highest BCUT2D eigenvalue weighted by atomic mass is 32.1. The molecule has 0 aliphatic carbocycles. The molecule has 0 aromatic carbocycles. The van der Waals surface area contributed by atoms with E-state index in [1.165, 1.54) is 18.4 Å². The van der Waals surface area contributed by atoms with Crippen LogP contribution in [0.2, 0.25) is 0 Å². The van der Waals surface area contributed by atoms with Gasteiger partial charge >= 0.3 is 0 Å². The molecule has 0 spiro atoms. The maximum absolute atomic E-state index is 10.3. The Morgan fingerprint density at radius 3 is 2.80 bits per heavy atom. The SMILES string of the molecule is COc1nc(C)sc1C=O. The Hall–Kier alpha value is -0.900. The first kappa shape index (κ1) is 7.21. The van der Waals surface area contributed by atoms with Crippen molar-refractivity contribution < 1.29 is 9.53 Å². The van der Waals surface area contributed by atoms with Crippen LogP contribution < -0.4 is 4.74 Å². The topological polar surface area (TPSA) is 39.2 Å². The number of aryl methyl sites for hydroxylation is 1. The number of aromatic nitrogens is 1. The summed E-state index contributed by atoms with van der Waals surface area (Å²) in [6.07, 6.45) is 0.753. The Morgan fingerprint density at radius 1 is 1.70 bits per heavy atom. The van der Waals surface area contributed by atoms with E-state index in [9.17, 15) is 4.79 Å². The lowest BCUT2D eigenvalue weighted by Gasteiger charge is -1.90. The van der Waals surface area contributed by atoms with Crippen LogP contribution in [0.15, 0.2) is 0 Å². The van der Waals surface area contributed by atoms with Crippen molar-refractivity contribution in [2.24, 2.45) is 0 Å². The van der Waals surface area contributed by atoms with Gasteiger partial charge in [0.2, 0.25) is 5.88 Å². The number of aldehydes is 1. The quantitative estimate of drug-likeness (QED) is 0.607. The number of hydrogen-bond donors (Lipinski definition) is 0. The highest BCUT2D eigenvalue weighted by Gasteiger charge is 2.06. The number of ether oxygens (including phenoxy) is 1. The zero-order valence-corrected chi connectivity index (χ0v) is 6.57. The van der Waals surface area contributed by atoms with Crippen molar-refractivity contribution in [3.63, 3.8) is 0 Å². The van der Waals surface area contributed by atoms with Gasteiger partial charge in [0.25, 0.3) is 0 Å². The summed E-state index contributed by atoms with van der Waals surface area (Å²) >= 11 is 1.33. The number of rotatable bonds is 2. The van der Waals surface area contributed by atoms with E-state index in [-0.39, 0.29) is 0 Å². The summed E-state index contributed by atoms with van der Waals surface area (Å²) in [5.74, 6) is 0.428. The fourth-order valence-corrected chi connectivity index (χ4v) is 1.36. The monoisotopic (exact) mass is 157 g/mol. The Morgan fingerprint density at radius 2 is 2.40 bits per heavy atom. The minimum Gasteiger partial charge on any atom is -0.480 e. The Labute approximate surface area is 62.7 Å². The van der Waals surface area contributed by atoms with Crippen LogP contribution in [-0.2, 0) is 0 Å². The van der Waals surface area contributed by atoms with Crippen molar-refractivity contribution >= 4 is 17.6 Å². The molecule has 0 amide bonds. The normalized spacial score (nSPS) is 9.40. The molecular weight excluding hydrogens is 150 g/mol. The Kier molecular flexibility index (Phi) is 2.01. The molecular formula is C6H7NO2S. The van der Waals surface area contributed by atoms with Crippen molar-refractivity contribution in [1.29, 1.82) is 0 Å². The molecule has 0 fully saturated rings. The van der Waals surface area contributed by atoms with Crippen molar-refractivity contribution in [2.75, 3.05) is 7.11 Å². The molecule has 1 aromatic rings. The average molecular weight is 157 g/mol. The average Bonchev–Trinajstić information content (AvgIpc) is 2.30. The summed E-state index contributed by atoms with van der Waals surface area (Å²) in [6, 6.07) is 0. The number of nitrogens with zero attached hydrogens (tertiary/aromatic N) is 1. The van der Waals surface area contributed by atoms with Crippen molar-refractivity contribution in [3.05, 3.63) is 9.88 Å². The van der Waals surface area contributed by atoms with Gasteiger partial charge in [0.1, 0.15) is 4.88 Å². The second kappa shape index (κ2) is 2.79. The van der Waals surface area contributed by atoms with Gasteiger partial charge in [-0.1, -0.05) is 0 Å². The van der Waals surface area contributed by atoms with Crippen LogP contribution in [0.25, 0.3) is 0 Å². The summed E-state index contributed by atoms with van der Waals surface area (Å²) in [5.41, 5.74) is 0. The van der Waals surface area contributed by atoms with Crippen LogP contribution in [0, 0.1) is 6.92 Å². The molecule has 4 heteroatoms. The van der Waals surface area contributed by atoms with Crippen molar-refractivity contribution in [2.45, 2.75) is 6.92 Å². The predicted octanol–water partition coefficient (Wildman–Crippen LogP) is 1.27. The first-order valence-electron chi connectivity index (χ1n) is 2.74. The summed E-state index contributed by atoms with van der Waals surface area (Å²) in [5, 5.41) is 0.846. The molecule has 0 N–H and O–H groups in total. The van der Waals surface area contributed by atoms with Crippen molar-refractivity contribution in [3.8, 4) is 5.88 Å². The zero-order chi connectivity index (χ0) is 7.56. The van der Waals surface area contributed by atoms with Crippen LogP contribution in [0.1, 0.15) is 14.7 Å². The van der Waals surface area contributed by atoms with Crippen LogP contribution in [-0.4, -0.2) is 18.4 Å². The van der Waals surface area contributed by atoms with Gasteiger partial charge in [0.05, 0.1) is 12.1 Å². The van der Waals surface area contributed by atoms with Crippen LogP contribution in [0.5, 0.6) is 5.88 Å². The largest absolute Gasteiger partial charge is 0.480 e. The van der Waals surface area contributed by atoms with E-state index in [1.807, 2.05) is 6.92 Å². The summed E-state index contributed by atoms with van der Waals surface area (Å²) in [7, 11) is 1.50. The molecule has 0 radical (unpaired) electrons. The number of hydrogen-bond acceptors (Lipinski definition) is 4. The van der Waals surface area contributed by atoms with Gasteiger partial charge in [-0.05, 0) is 6.92 Å². The summed E-state index contributed by atoms with van der Waals surface area (Å²) in [4.78, 5) is 14.8.